The monoisotopic (exact) mass is 502 g/mol. The van der Waals surface area contributed by atoms with Crippen LogP contribution < -0.4 is 0 Å². The van der Waals surface area contributed by atoms with Crippen molar-refractivity contribution in [3.8, 4) is 0 Å². The van der Waals surface area contributed by atoms with Gasteiger partial charge in [0.15, 0.2) is 0 Å². The third-order valence-electron chi connectivity index (χ3n) is 4.32. The van der Waals surface area contributed by atoms with Gasteiger partial charge in [0.2, 0.25) is 0 Å². The third-order valence-corrected chi connectivity index (χ3v) is 4.32. The molecule has 2 radical (unpaired) electrons. The standard InChI is InChI=1S/C13H9.2C6H5.C5H5.Si.Zr/c1-3-7-12-10(5-1)9-11-6-2-4-8-13(11)12;2*1-2-4-6-5-3-1;1-2-4-5-3-1;;/h1-9H;2*1-5H;1-3H,4H2;;/q4*-1;;. The fourth-order valence-corrected chi connectivity index (χ4v) is 2.93. The molecule has 0 amide bonds. The van der Waals surface area contributed by atoms with Crippen LogP contribution in [0.2, 0.25) is 0 Å². The number of allylic oxidation sites excluding steroid dienone is 4. The smallest absolute Gasteiger partial charge is 0.0771 e. The molecule has 0 unspecified atom stereocenters. The van der Waals surface area contributed by atoms with Crippen LogP contribution in [0, 0.1) is 18.2 Å². The van der Waals surface area contributed by atoms with Crippen LogP contribution in [0.15, 0.2) is 133 Å². The van der Waals surface area contributed by atoms with E-state index in [2.05, 4.69) is 85.8 Å². The van der Waals surface area contributed by atoms with Gasteiger partial charge in [0, 0.05) is 0 Å². The van der Waals surface area contributed by atoms with E-state index >= 15 is 0 Å². The van der Waals surface area contributed by atoms with Gasteiger partial charge in [-0.2, -0.15) is 78.9 Å². The second-order valence-electron chi connectivity index (χ2n) is 6.48. The van der Waals surface area contributed by atoms with Gasteiger partial charge in [-0.3, -0.25) is 6.08 Å². The van der Waals surface area contributed by atoms with Crippen LogP contribution in [-0.2, 0) is 23.3 Å². The summed E-state index contributed by atoms with van der Waals surface area (Å²) in [6.45, 7) is 3.06. The Morgan fingerprint density at radius 3 is 1.38 bits per heavy atom. The minimum atomic E-state index is 1.01. The fraction of sp³-hybridized carbons (Fsp3) is 0.0333. The molecular formula is C30H24SiZr-4. The van der Waals surface area contributed by atoms with Crippen molar-refractivity contribution in [2.45, 2.75) is 6.42 Å². The molecule has 0 heterocycles. The van der Waals surface area contributed by atoms with E-state index in [1.54, 1.807) is 0 Å². The Bertz CT molecular complexity index is 1030. The average molecular weight is 504 g/mol. The zero-order valence-corrected chi connectivity index (χ0v) is 21.4. The van der Waals surface area contributed by atoms with Gasteiger partial charge in [-0.1, -0.05) is 36.4 Å². The molecule has 0 bridgehead atoms. The minimum Gasteiger partial charge on any atom is -0.184 e. The summed E-state index contributed by atoms with van der Waals surface area (Å²) in [6.07, 6.45) is 10.0. The van der Waals surface area contributed by atoms with Crippen molar-refractivity contribution in [2.75, 3.05) is 0 Å². The topological polar surface area (TPSA) is 0 Å². The molecule has 0 fully saturated rings. The molecule has 0 saturated carbocycles. The summed E-state index contributed by atoms with van der Waals surface area (Å²) in [4.78, 5) is 0. The molecule has 5 aromatic rings. The number of fused-ring (bicyclic) bond motifs is 3. The summed E-state index contributed by atoms with van der Waals surface area (Å²) in [5.41, 5.74) is 0. The molecule has 156 valence electrons. The van der Waals surface area contributed by atoms with Gasteiger partial charge < -0.3 is 0 Å². The molecule has 1 aliphatic rings. The summed E-state index contributed by atoms with van der Waals surface area (Å²) < 4.78 is 0. The molecule has 0 N–H and O–H groups in total. The van der Waals surface area contributed by atoms with Gasteiger partial charge in [-0.05, 0) is 0 Å². The maximum Gasteiger partial charge on any atom is -0.0771 e. The zero-order chi connectivity index (χ0) is 22.7. The van der Waals surface area contributed by atoms with Crippen molar-refractivity contribution in [3.63, 3.8) is 0 Å². The Morgan fingerprint density at radius 2 is 1.09 bits per heavy atom. The van der Waals surface area contributed by atoms with Crippen molar-refractivity contribution >= 4 is 28.4 Å². The molecule has 5 aromatic carbocycles. The van der Waals surface area contributed by atoms with Crippen LogP contribution in [0.3, 0.4) is 0 Å². The molecule has 0 aliphatic heterocycles. The first-order valence-electron chi connectivity index (χ1n) is 10.3. The van der Waals surface area contributed by atoms with Crippen LogP contribution in [0.5, 0.6) is 0 Å². The van der Waals surface area contributed by atoms with Crippen LogP contribution in [0.25, 0.3) is 21.5 Å². The minimum absolute atomic E-state index is 1.01. The van der Waals surface area contributed by atoms with Gasteiger partial charge in [-0.25, -0.2) is 12.2 Å². The Labute approximate surface area is 208 Å². The van der Waals surface area contributed by atoms with Crippen molar-refractivity contribution in [3.05, 3.63) is 152 Å². The van der Waals surface area contributed by atoms with Crippen LogP contribution in [0.1, 0.15) is 6.42 Å². The largest absolute Gasteiger partial charge is 0.184 e. The first-order chi connectivity index (χ1) is 15.9. The van der Waals surface area contributed by atoms with Gasteiger partial charge in [0.05, 0.1) is 0 Å². The Morgan fingerprint density at radius 1 is 0.625 bits per heavy atom. The van der Waals surface area contributed by atoms with E-state index in [0.29, 0.717) is 0 Å². The second-order valence-corrected chi connectivity index (χ2v) is 6.48. The molecule has 2 heteroatoms. The van der Waals surface area contributed by atoms with E-state index in [4.69, 9.17) is 0 Å². The third kappa shape index (κ3) is 9.64. The molecule has 0 nitrogen and oxygen atoms in total. The maximum absolute atomic E-state index is 3.06. The molecule has 1 aliphatic carbocycles. The molecule has 0 saturated heterocycles. The second kappa shape index (κ2) is 17.0. The van der Waals surface area contributed by atoms with E-state index in [9.17, 15) is 0 Å². The first-order valence-corrected chi connectivity index (χ1v) is 14.5. The normalized spacial score (nSPS) is 10.3. The summed E-state index contributed by atoms with van der Waals surface area (Å²) in [5.74, 6) is 0. The predicted octanol–water partition coefficient (Wildman–Crippen LogP) is 7.61. The molecule has 32 heavy (non-hydrogen) atoms. The van der Waals surface area contributed by atoms with E-state index in [0.717, 1.165) is 6.42 Å². The van der Waals surface area contributed by atoms with E-state index in [-0.39, 0.29) is 0 Å². The van der Waals surface area contributed by atoms with Crippen LogP contribution in [-0.4, -0.2) is 6.88 Å². The van der Waals surface area contributed by atoms with E-state index in [1.807, 2.05) is 72.8 Å². The summed E-state index contributed by atoms with van der Waals surface area (Å²) >= 11 is 1.36. The van der Waals surface area contributed by atoms with Gasteiger partial charge >= 0.3 is 30.2 Å². The molecular weight excluding hydrogens is 480 g/mol. The van der Waals surface area contributed by atoms with Crippen LogP contribution >= 0.6 is 0 Å². The summed E-state index contributed by atoms with van der Waals surface area (Å²) in [6, 6.07) is 44.3. The summed E-state index contributed by atoms with van der Waals surface area (Å²) in [7, 11) is 0. The quantitative estimate of drug-likeness (QED) is 0.151. The molecule has 0 spiro atoms. The van der Waals surface area contributed by atoms with Crippen LogP contribution in [0.4, 0.5) is 0 Å². The van der Waals surface area contributed by atoms with Crippen molar-refractivity contribution in [1.82, 2.24) is 0 Å². The predicted molar refractivity (Wildman–Crippen MR) is 135 cm³/mol. The zero-order valence-electron chi connectivity index (χ0n) is 17.9. The van der Waals surface area contributed by atoms with E-state index < -0.39 is 0 Å². The Kier molecular flexibility index (Phi) is 13.6. The van der Waals surface area contributed by atoms with Gasteiger partial charge in [-0.15, -0.1) is 46.2 Å². The summed E-state index contributed by atoms with van der Waals surface area (Å²) in [5, 5.41) is 5.39. The van der Waals surface area contributed by atoms with Gasteiger partial charge in [0.25, 0.3) is 0 Å². The number of hydrogen-bond donors (Lipinski definition) is 0. The Hall–Kier alpha value is -2.67. The number of hydrogen-bond acceptors (Lipinski definition) is 0. The van der Waals surface area contributed by atoms with Crippen molar-refractivity contribution in [2.24, 2.45) is 0 Å². The van der Waals surface area contributed by atoms with Gasteiger partial charge in [0.1, 0.15) is 0 Å². The average Bonchev–Trinajstić information content (AvgIpc) is 3.60. The van der Waals surface area contributed by atoms with E-state index in [1.165, 1.54) is 44.9 Å². The molecule has 0 atom stereocenters. The molecule has 6 rings (SSSR count). The van der Waals surface area contributed by atoms with Crippen molar-refractivity contribution in [1.29, 1.82) is 0 Å². The maximum atomic E-state index is 3.06. The fourth-order valence-electron chi connectivity index (χ4n) is 2.93. The molecule has 0 aromatic heterocycles. The number of benzene rings is 4. The number of rotatable bonds is 0. The Balaban J connectivity index is 0.000000162. The first kappa shape index (κ1) is 25.6. The SMILES string of the molecule is [C-]1=CC=CC1.[Si]=[Zr].[c-]1ccccc1.[c-]1ccccc1.c1ccc2c(c1)[cH-]c1ccccc12. The van der Waals surface area contributed by atoms with Crippen molar-refractivity contribution < 1.29 is 23.3 Å².